The van der Waals surface area contributed by atoms with Crippen LogP contribution in [0.4, 0.5) is 10.1 Å². The summed E-state index contributed by atoms with van der Waals surface area (Å²) in [6.07, 6.45) is 0.762. The number of benzene rings is 1. The normalized spacial score (nSPS) is 19.6. The van der Waals surface area contributed by atoms with Gasteiger partial charge in [0.25, 0.3) is 0 Å². The quantitative estimate of drug-likeness (QED) is 0.887. The Morgan fingerprint density at radius 2 is 2.37 bits per heavy atom. The van der Waals surface area contributed by atoms with Gasteiger partial charge in [0.15, 0.2) is 0 Å². The number of hydrogen-bond donors (Lipinski definition) is 2. The molecule has 1 fully saturated rings. The fourth-order valence-corrected chi connectivity index (χ4v) is 2.41. The van der Waals surface area contributed by atoms with Crippen LogP contribution in [-0.4, -0.2) is 41.7 Å². The largest absolute Gasteiger partial charge is 0.392 e. The molecule has 1 aromatic carbocycles. The zero-order valence-corrected chi connectivity index (χ0v) is 12.0. The molecule has 0 bridgehead atoms. The molecule has 2 rings (SSSR count). The lowest BCUT2D eigenvalue weighted by atomic mass is 10.3. The summed E-state index contributed by atoms with van der Waals surface area (Å²) in [6.45, 7) is 2.00. The molecule has 19 heavy (non-hydrogen) atoms. The molecule has 4 nitrogen and oxygen atoms in total. The van der Waals surface area contributed by atoms with Crippen molar-refractivity contribution in [3.8, 4) is 0 Å². The van der Waals surface area contributed by atoms with E-state index in [1.165, 1.54) is 12.1 Å². The summed E-state index contributed by atoms with van der Waals surface area (Å²) >= 11 is 3.16. The van der Waals surface area contributed by atoms with Gasteiger partial charge in [-0.15, -0.1) is 0 Å². The first-order valence-corrected chi connectivity index (χ1v) is 6.99. The molecule has 104 valence electrons. The van der Waals surface area contributed by atoms with Crippen molar-refractivity contribution in [2.24, 2.45) is 0 Å². The molecule has 1 saturated heterocycles. The van der Waals surface area contributed by atoms with E-state index >= 15 is 0 Å². The first-order chi connectivity index (χ1) is 9.04. The molecule has 1 aromatic rings. The van der Waals surface area contributed by atoms with Gasteiger partial charge in [0.2, 0.25) is 5.91 Å². The fraction of sp³-hybridized carbons (Fsp3) is 0.462. The van der Waals surface area contributed by atoms with Crippen LogP contribution >= 0.6 is 15.9 Å². The minimum absolute atomic E-state index is 0.189. The van der Waals surface area contributed by atoms with Crippen molar-refractivity contribution in [1.82, 2.24) is 4.90 Å². The van der Waals surface area contributed by atoms with Crippen molar-refractivity contribution in [3.05, 3.63) is 28.5 Å². The van der Waals surface area contributed by atoms with Crippen LogP contribution < -0.4 is 5.32 Å². The molecule has 1 aliphatic rings. The second kappa shape index (κ2) is 6.45. The topological polar surface area (TPSA) is 52.6 Å². The third-order valence-electron chi connectivity index (χ3n) is 3.11. The number of nitrogens with zero attached hydrogens (tertiary/aromatic N) is 1. The molecule has 0 saturated carbocycles. The SMILES string of the molecule is O=C(CCN1CC[C@H](O)C1)Nc1ccc(Br)cc1F. The Hall–Kier alpha value is -0.980. The molecule has 1 heterocycles. The molecule has 1 amide bonds. The smallest absolute Gasteiger partial charge is 0.225 e. The molecular formula is C13H16BrFN2O2. The Balaban J connectivity index is 1.81. The van der Waals surface area contributed by atoms with E-state index in [1.807, 2.05) is 4.90 Å². The number of likely N-dealkylation sites (tertiary alicyclic amines) is 1. The Bertz CT molecular complexity index is 470. The maximum Gasteiger partial charge on any atom is 0.225 e. The molecule has 0 spiro atoms. The Morgan fingerprint density at radius 1 is 1.58 bits per heavy atom. The van der Waals surface area contributed by atoms with Crippen molar-refractivity contribution in [1.29, 1.82) is 0 Å². The summed E-state index contributed by atoms with van der Waals surface area (Å²) < 4.78 is 14.1. The van der Waals surface area contributed by atoms with Gasteiger partial charge in [0.1, 0.15) is 5.82 Å². The van der Waals surface area contributed by atoms with Gasteiger partial charge in [-0.05, 0) is 24.6 Å². The van der Waals surface area contributed by atoms with Gasteiger partial charge in [-0.2, -0.15) is 0 Å². The van der Waals surface area contributed by atoms with Crippen LogP contribution in [0, 0.1) is 5.82 Å². The average Bonchev–Trinajstić information content (AvgIpc) is 2.76. The predicted octanol–water partition coefficient (Wildman–Crippen LogP) is 1.98. The molecule has 1 aliphatic heterocycles. The highest BCUT2D eigenvalue weighted by atomic mass is 79.9. The summed E-state index contributed by atoms with van der Waals surface area (Å²) in [5, 5.41) is 11.9. The molecule has 6 heteroatoms. The number of hydrogen-bond acceptors (Lipinski definition) is 3. The standard InChI is InChI=1S/C13H16BrFN2O2/c14-9-1-2-12(11(15)7-9)16-13(19)4-6-17-5-3-10(18)8-17/h1-2,7,10,18H,3-6,8H2,(H,16,19)/t10-/m0/s1. The van der Waals surface area contributed by atoms with Crippen molar-refractivity contribution in [2.45, 2.75) is 18.9 Å². The van der Waals surface area contributed by atoms with Gasteiger partial charge in [-0.3, -0.25) is 4.79 Å². The number of aliphatic hydroxyl groups is 1. The lowest BCUT2D eigenvalue weighted by molar-refractivity contribution is -0.116. The Morgan fingerprint density at radius 3 is 3.00 bits per heavy atom. The number of amides is 1. The summed E-state index contributed by atoms with van der Waals surface area (Å²) in [4.78, 5) is 13.7. The van der Waals surface area contributed by atoms with Crippen molar-refractivity contribution < 1.29 is 14.3 Å². The molecule has 0 unspecified atom stereocenters. The molecular weight excluding hydrogens is 315 g/mol. The lowest BCUT2D eigenvalue weighted by Gasteiger charge is -2.14. The number of β-amino-alcohol motifs (C(OH)–C–C–N with tert-alkyl or cyclic N) is 1. The molecule has 1 atom stereocenters. The Kier molecular flexibility index (Phi) is 4.90. The minimum Gasteiger partial charge on any atom is -0.392 e. The molecule has 0 aromatic heterocycles. The van der Waals surface area contributed by atoms with E-state index in [9.17, 15) is 14.3 Å². The first-order valence-electron chi connectivity index (χ1n) is 6.20. The summed E-state index contributed by atoms with van der Waals surface area (Å²) in [5.74, 6) is -0.679. The van der Waals surface area contributed by atoms with Crippen molar-refractivity contribution >= 4 is 27.5 Å². The summed E-state index contributed by atoms with van der Waals surface area (Å²) in [6, 6.07) is 4.51. The van der Waals surface area contributed by atoms with Crippen LogP contribution in [0.3, 0.4) is 0 Å². The minimum atomic E-state index is -0.459. The van der Waals surface area contributed by atoms with Gasteiger partial charge >= 0.3 is 0 Å². The zero-order chi connectivity index (χ0) is 13.8. The maximum atomic E-state index is 13.5. The second-order valence-electron chi connectivity index (χ2n) is 4.67. The van der Waals surface area contributed by atoms with E-state index in [1.54, 1.807) is 6.07 Å². The summed E-state index contributed by atoms with van der Waals surface area (Å²) in [5.41, 5.74) is 0.189. The van der Waals surface area contributed by atoms with Crippen LogP contribution in [-0.2, 0) is 4.79 Å². The highest BCUT2D eigenvalue weighted by Gasteiger charge is 2.20. The van der Waals surface area contributed by atoms with E-state index in [-0.39, 0.29) is 17.7 Å². The van der Waals surface area contributed by atoms with Crippen molar-refractivity contribution in [3.63, 3.8) is 0 Å². The molecule has 0 radical (unpaired) electrons. The predicted molar refractivity (Wildman–Crippen MR) is 74.4 cm³/mol. The number of carbonyl (C=O) groups is 1. The highest BCUT2D eigenvalue weighted by molar-refractivity contribution is 9.10. The van der Waals surface area contributed by atoms with Crippen LogP contribution in [0.25, 0.3) is 0 Å². The maximum absolute atomic E-state index is 13.5. The molecule has 0 aliphatic carbocycles. The fourth-order valence-electron chi connectivity index (χ4n) is 2.08. The van der Waals surface area contributed by atoms with E-state index in [0.717, 1.165) is 13.0 Å². The second-order valence-corrected chi connectivity index (χ2v) is 5.58. The van der Waals surface area contributed by atoms with Gasteiger partial charge in [-0.25, -0.2) is 4.39 Å². The third-order valence-corrected chi connectivity index (χ3v) is 3.60. The monoisotopic (exact) mass is 330 g/mol. The third kappa shape index (κ3) is 4.26. The number of halogens is 2. The van der Waals surface area contributed by atoms with Gasteiger partial charge in [-0.1, -0.05) is 15.9 Å². The van der Waals surface area contributed by atoms with E-state index in [2.05, 4.69) is 21.2 Å². The summed E-state index contributed by atoms with van der Waals surface area (Å²) in [7, 11) is 0. The number of rotatable bonds is 4. The van der Waals surface area contributed by atoms with Crippen LogP contribution in [0.15, 0.2) is 22.7 Å². The van der Waals surface area contributed by atoms with Crippen LogP contribution in [0.5, 0.6) is 0 Å². The number of aliphatic hydroxyl groups excluding tert-OH is 1. The number of anilines is 1. The molecule has 2 N–H and O–H groups in total. The lowest BCUT2D eigenvalue weighted by Crippen LogP contribution is -2.26. The van der Waals surface area contributed by atoms with Crippen LogP contribution in [0.2, 0.25) is 0 Å². The number of carbonyl (C=O) groups excluding carboxylic acids is 1. The zero-order valence-electron chi connectivity index (χ0n) is 10.4. The Labute approximate surface area is 119 Å². The van der Waals surface area contributed by atoms with E-state index < -0.39 is 5.82 Å². The van der Waals surface area contributed by atoms with Gasteiger partial charge < -0.3 is 15.3 Å². The van der Waals surface area contributed by atoms with Crippen LogP contribution in [0.1, 0.15) is 12.8 Å². The van der Waals surface area contributed by atoms with Crippen molar-refractivity contribution in [2.75, 3.05) is 25.0 Å². The highest BCUT2D eigenvalue weighted by Crippen LogP contribution is 2.19. The number of nitrogens with one attached hydrogen (secondary N) is 1. The average molecular weight is 331 g/mol. The van der Waals surface area contributed by atoms with E-state index in [0.29, 0.717) is 24.0 Å². The van der Waals surface area contributed by atoms with E-state index in [4.69, 9.17) is 0 Å². The van der Waals surface area contributed by atoms with Gasteiger partial charge in [0.05, 0.1) is 11.8 Å². The van der Waals surface area contributed by atoms with Gasteiger partial charge in [0, 0.05) is 30.5 Å². The first kappa shape index (κ1) is 14.4.